The van der Waals surface area contributed by atoms with Gasteiger partial charge >= 0.3 is 6.18 Å². The number of carbonyl (C=O) groups is 2. The minimum atomic E-state index is -4.45. The summed E-state index contributed by atoms with van der Waals surface area (Å²) in [6.45, 7) is 0.157. The molecular formula is C15H16ClF3N2O2. The second-order valence-electron chi connectivity index (χ2n) is 5.60. The zero-order chi connectivity index (χ0) is 17.3. The SMILES string of the molecule is CNC(=O)CC(=O)NCC1(c2cc(C(F)(F)F)ccc2Cl)CC1. The molecule has 0 radical (unpaired) electrons. The van der Waals surface area contributed by atoms with Crippen molar-refractivity contribution in [2.75, 3.05) is 13.6 Å². The number of hydrogen-bond acceptors (Lipinski definition) is 2. The Bertz CT molecular complexity index is 628. The lowest BCUT2D eigenvalue weighted by Crippen LogP contribution is -2.35. The average Bonchev–Trinajstić information content (AvgIpc) is 3.25. The molecule has 0 spiro atoms. The summed E-state index contributed by atoms with van der Waals surface area (Å²) in [5, 5.41) is 5.17. The molecule has 23 heavy (non-hydrogen) atoms. The lowest BCUT2D eigenvalue weighted by Gasteiger charge is -2.19. The van der Waals surface area contributed by atoms with E-state index in [1.165, 1.54) is 13.1 Å². The molecule has 1 aliphatic carbocycles. The molecule has 1 aromatic carbocycles. The molecule has 1 aromatic rings. The average molecular weight is 349 g/mol. The molecule has 0 aliphatic heterocycles. The number of carbonyl (C=O) groups excluding carboxylic acids is 2. The Hall–Kier alpha value is -1.76. The van der Waals surface area contributed by atoms with E-state index in [1.807, 2.05) is 0 Å². The Labute approximate surface area is 136 Å². The van der Waals surface area contributed by atoms with E-state index in [2.05, 4.69) is 10.6 Å². The van der Waals surface area contributed by atoms with Crippen LogP contribution in [0.5, 0.6) is 0 Å². The Morgan fingerprint density at radius 3 is 2.43 bits per heavy atom. The van der Waals surface area contributed by atoms with Crippen molar-refractivity contribution in [1.82, 2.24) is 10.6 Å². The van der Waals surface area contributed by atoms with Crippen LogP contribution in [0, 0.1) is 0 Å². The maximum atomic E-state index is 12.8. The van der Waals surface area contributed by atoms with Gasteiger partial charge in [0, 0.05) is 24.0 Å². The van der Waals surface area contributed by atoms with Crippen LogP contribution in [0.4, 0.5) is 13.2 Å². The Morgan fingerprint density at radius 1 is 1.26 bits per heavy atom. The van der Waals surface area contributed by atoms with E-state index in [0.717, 1.165) is 12.1 Å². The first-order valence-electron chi connectivity index (χ1n) is 7.02. The van der Waals surface area contributed by atoms with Gasteiger partial charge in [-0.2, -0.15) is 13.2 Å². The van der Waals surface area contributed by atoms with Crippen molar-refractivity contribution in [3.05, 3.63) is 34.3 Å². The summed E-state index contributed by atoms with van der Waals surface area (Å²) >= 11 is 6.05. The molecule has 0 atom stereocenters. The maximum absolute atomic E-state index is 12.8. The van der Waals surface area contributed by atoms with E-state index in [4.69, 9.17) is 11.6 Å². The van der Waals surface area contributed by atoms with E-state index < -0.39 is 29.0 Å². The molecule has 4 nitrogen and oxygen atoms in total. The standard InChI is InChI=1S/C15H16ClF3N2O2/c1-20-12(22)7-13(23)21-8-14(4-5-14)10-6-9(15(17,18)19)2-3-11(10)16/h2-3,6H,4-5,7-8H2,1H3,(H,20,22)(H,21,23). The number of rotatable bonds is 5. The van der Waals surface area contributed by atoms with Crippen molar-refractivity contribution in [3.8, 4) is 0 Å². The van der Waals surface area contributed by atoms with Crippen molar-refractivity contribution in [2.24, 2.45) is 0 Å². The largest absolute Gasteiger partial charge is 0.416 e. The normalized spacial score (nSPS) is 15.9. The second kappa shape index (κ2) is 6.39. The Balaban J connectivity index is 2.12. The van der Waals surface area contributed by atoms with Gasteiger partial charge in [-0.3, -0.25) is 9.59 Å². The molecule has 0 saturated heterocycles. The third-order valence-electron chi connectivity index (χ3n) is 3.94. The first kappa shape index (κ1) is 17.6. The van der Waals surface area contributed by atoms with Crippen LogP contribution >= 0.6 is 11.6 Å². The molecule has 2 N–H and O–H groups in total. The van der Waals surface area contributed by atoms with Gasteiger partial charge in [0.15, 0.2) is 0 Å². The lowest BCUT2D eigenvalue weighted by molar-refractivity contribution is -0.137. The van der Waals surface area contributed by atoms with E-state index >= 15 is 0 Å². The van der Waals surface area contributed by atoms with Crippen LogP contribution in [-0.4, -0.2) is 25.4 Å². The smallest absolute Gasteiger partial charge is 0.359 e. The summed E-state index contributed by atoms with van der Waals surface area (Å²) in [6, 6.07) is 3.21. The fourth-order valence-corrected chi connectivity index (χ4v) is 2.68. The minimum absolute atomic E-state index is 0.157. The predicted octanol–water partition coefficient (Wildman–Crippen LogP) is 2.64. The molecule has 2 rings (SSSR count). The molecule has 1 fully saturated rings. The Kier molecular flexibility index (Phi) is 4.89. The van der Waals surface area contributed by atoms with Crippen LogP contribution in [0.1, 0.15) is 30.4 Å². The van der Waals surface area contributed by atoms with Crippen LogP contribution < -0.4 is 10.6 Å². The van der Waals surface area contributed by atoms with Crippen molar-refractivity contribution >= 4 is 23.4 Å². The van der Waals surface area contributed by atoms with Crippen LogP contribution in [0.15, 0.2) is 18.2 Å². The number of alkyl halides is 3. The van der Waals surface area contributed by atoms with E-state index in [0.29, 0.717) is 18.4 Å². The highest BCUT2D eigenvalue weighted by Crippen LogP contribution is 2.51. The summed E-state index contributed by atoms with van der Waals surface area (Å²) in [5.41, 5.74) is -0.967. The van der Waals surface area contributed by atoms with E-state index in [9.17, 15) is 22.8 Å². The molecule has 1 saturated carbocycles. The van der Waals surface area contributed by atoms with Gasteiger partial charge in [0.2, 0.25) is 11.8 Å². The molecule has 0 heterocycles. The maximum Gasteiger partial charge on any atom is 0.416 e. The lowest BCUT2D eigenvalue weighted by atomic mass is 9.94. The van der Waals surface area contributed by atoms with Gasteiger partial charge in [0.1, 0.15) is 6.42 Å². The summed E-state index contributed by atoms with van der Waals surface area (Å²) in [4.78, 5) is 22.8. The first-order valence-corrected chi connectivity index (χ1v) is 7.40. The number of nitrogens with one attached hydrogen (secondary N) is 2. The second-order valence-corrected chi connectivity index (χ2v) is 6.01. The van der Waals surface area contributed by atoms with Crippen molar-refractivity contribution in [2.45, 2.75) is 30.9 Å². The van der Waals surface area contributed by atoms with Crippen LogP contribution in [0.2, 0.25) is 5.02 Å². The first-order chi connectivity index (χ1) is 10.7. The van der Waals surface area contributed by atoms with Gasteiger partial charge in [0.25, 0.3) is 0 Å². The summed E-state index contributed by atoms with van der Waals surface area (Å²) in [5.74, 6) is -0.900. The number of hydrogen-bond donors (Lipinski definition) is 2. The molecule has 0 aromatic heterocycles. The van der Waals surface area contributed by atoms with E-state index in [-0.39, 0.29) is 18.0 Å². The highest BCUT2D eigenvalue weighted by atomic mass is 35.5. The Morgan fingerprint density at radius 2 is 1.91 bits per heavy atom. The third kappa shape index (κ3) is 4.16. The predicted molar refractivity (Wildman–Crippen MR) is 79.1 cm³/mol. The number of amides is 2. The quantitative estimate of drug-likeness (QED) is 0.804. The fourth-order valence-electron chi connectivity index (χ4n) is 2.36. The molecule has 126 valence electrons. The van der Waals surface area contributed by atoms with Crippen LogP contribution in [0.25, 0.3) is 0 Å². The highest BCUT2D eigenvalue weighted by molar-refractivity contribution is 6.31. The molecule has 1 aliphatic rings. The van der Waals surface area contributed by atoms with Gasteiger partial charge in [-0.1, -0.05) is 11.6 Å². The van der Waals surface area contributed by atoms with Gasteiger partial charge in [-0.05, 0) is 36.6 Å². The number of halogens is 4. The topological polar surface area (TPSA) is 58.2 Å². The summed E-state index contributed by atoms with van der Waals surface area (Å²) < 4.78 is 38.5. The zero-order valence-electron chi connectivity index (χ0n) is 12.4. The van der Waals surface area contributed by atoms with E-state index in [1.54, 1.807) is 0 Å². The highest BCUT2D eigenvalue weighted by Gasteiger charge is 2.46. The monoisotopic (exact) mass is 348 g/mol. The summed E-state index contributed by atoms with van der Waals surface area (Å²) in [7, 11) is 1.42. The third-order valence-corrected chi connectivity index (χ3v) is 4.27. The van der Waals surface area contributed by atoms with Crippen molar-refractivity contribution < 1.29 is 22.8 Å². The minimum Gasteiger partial charge on any atom is -0.359 e. The van der Waals surface area contributed by atoms with Gasteiger partial charge in [0.05, 0.1) is 5.56 Å². The van der Waals surface area contributed by atoms with Crippen molar-refractivity contribution in [3.63, 3.8) is 0 Å². The van der Waals surface area contributed by atoms with Crippen LogP contribution in [-0.2, 0) is 21.2 Å². The number of benzene rings is 1. The fraction of sp³-hybridized carbons (Fsp3) is 0.467. The van der Waals surface area contributed by atoms with Gasteiger partial charge in [-0.25, -0.2) is 0 Å². The molecule has 2 amide bonds. The van der Waals surface area contributed by atoms with Crippen molar-refractivity contribution in [1.29, 1.82) is 0 Å². The van der Waals surface area contributed by atoms with Gasteiger partial charge < -0.3 is 10.6 Å². The van der Waals surface area contributed by atoms with Crippen LogP contribution in [0.3, 0.4) is 0 Å². The molecule has 0 bridgehead atoms. The van der Waals surface area contributed by atoms with Gasteiger partial charge in [-0.15, -0.1) is 0 Å². The molecule has 8 heteroatoms. The molecule has 0 unspecified atom stereocenters. The molecular weight excluding hydrogens is 333 g/mol. The zero-order valence-corrected chi connectivity index (χ0v) is 13.1. The summed E-state index contributed by atoms with van der Waals surface area (Å²) in [6.07, 6.45) is -3.50.